The van der Waals surface area contributed by atoms with Gasteiger partial charge in [-0.2, -0.15) is 0 Å². The molecule has 8 heteroatoms. The first-order valence-corrected chi connectivity index (χ1v) is 9.79. The number of rotatable bonds is 5. The number of nitrogens with zero attached hydrogens (tertiary/aromatic N) is 1. The highest BCUT2D eigenvalue weighted by molar-refractivity contribution is 8.00. The van der Waals surface area contributed by atoms with E-state index in [9.17, 15) is 14.0 Å². The number of fused-ring (bicyclic) bond motifs is 1. The largest absolute Gasteiger partial charge is 0.439 e. The van der Waals surface area contributed by atoms with Crippen molar-refractivity contribution >= 4 is 29.3 Å². The van der Waals surface area contributed by atoms with Crippen LogP contribution in [0, 0.1) is 5.82 Å². The third-order valence-corrected chi connectivity index (χ3v) is 5.22. The fourth-order valence-electron chi connectivity index (χ4n) is 2.74. The Kier molecular flexibility index (Phi) is 5.44. The smallest absolute Gasteiger partial charge is 0.251 e. The first-order valence-electron chi connectivity index (χ1n) is 8.80. The van der Waals surface area contributed by atoms with Crippen molar-refractivity contribution in [2.45, 2.75) is 11.4 Å². The lowest BCUT2D eigenvalue weighted by atomic mass is 10.1. The van der Waals surface area contributed by atoms with E-state index in [-0.39, 0.29) is 24.2 Å². The average molecular weight is 409 g/mol. The minimum absolute atomic E-state index is 0.0771. The number of amides is 2. The fraction of sp³-hybridized carbons (Fsp3) is 0.0952. The molecule has 0 atom stereocenters. The van der Waals surface area contributed by atoms with Crippen molar-refractivity contribution in [1.29, 1.82) is 0 Å². The Morgan fingerprint density at radius 2 is 2.10 bits per heavy atom. The van der Waals surface area contributed by atoms with Crippen LogP contribution in [0.1, 0.15) is 15.9 Å². The van der Waals surface area contributed by atoms with Crippen LogP contribution in [0.4, 0.5) is 10.1 Å². The lowest BCUT2D eigenvalue weighted by molar-refractivity contribution is -0.113. The van der Waals surface area contributed by atoms with Crippen LogP contribution in [0.25, 0.3) is 0 Å². The van der Waals surface area contributed by atoms with Gasteiger partial charge in [-0.05, 0) is 35.9 Å². The Labute approximate surface area is 170 Å². The minimum atomic E-state index is -0.387. The van der Waals surface area contributed by atoms with Gasteiger partial charge in [0.25, 0.3) is 5.91 Å². The van der Waals surface area contributed by atoms with E-state index in [1.807, 2.05) is 6.07 Å². The minimum Gasteiger partial charge on any atom is -0.439 e. The molecular weight excluding hydrogens is 393 g/mol. The maximum atomic E-state index is 13.2. The van der Waals surface area contributed by atoms with Crippen molar-refractivity contribution in [3.8, 4) is 11.6 Å². The van der Waals surface area contributed by atoms with Gasteiger partial charge in [-0.1, -0.05) is 12.1 Å². The molecule has 0 spiro atoms. The van der Waals surface area contributed by atoms with Crippen LogP contribution < -0.4 is 15.4 Å². The van der Waals surface area contributed by atoms with Gasteiger partial charge in [0.05, 0.1) is 11.4 Å². The van der Waals surface area contributed by atoms with Crippen molar-refractivity contribution < 1.29 is 18.7 Å². The van der Waals surface area contributed by atoms with Gasteiger partial charge < -0.3 is 15.4 Å². The van der Waals surface area contributed by atoms with Crippen LogP contribution in [-0.2, 0) is 11.3 Å². The van der Waals surface area contributed by atoms with Crippen LogP contribution in [0.2, 0.25) is 0 Å². The summed E-state index contributed by atoms with van der Waals surface area (Å²) in [4.78, 5) is 29.0. The predicted molar refractivity (Wildman–Crippen MR) is 108 cm³/mol. The zero-order chi connectivity index (χ0) is 20.2. The van der Waals surface area contributed by atoms with Crippen molar-refractivity contribution in [3.05, 3.63) is 77.7 Å². The molecule has 2 amide bonds. The van der Waals surface area contributed by atoms with Crippen LogP contribution >= 0.6 is 11.8 Å². The van der Waals surface area contributed by atoms with Crippen molar-refractivity contribution in [2.24, 2.45) is 0 Å². The maximum Gasteiger partial charge on any atom is 0.251 e. The number of hydrogen-bond donors (Lipinski definition) is 2. The summed E-state index contributed by atoms with van der Waals surface area (Å²) in [6.45, 7) is 0.282. The number of anilines is 1. The molecule has 0 saturated carbocycles. The molecule has 3 aromatic rings. The molecule has 4 rings (SSSR count). The number of pyridine rings is 1. The van der Waals surface area contributed by atoms with E-state index in [1.165, 1.54) is 23.9 Å². The molecule has 0 aliphatic carbocycles. The van der Waals surface area contributed by atoms with Crippen LogP contribution in [0.5, 0.6) is 11.6 Å². The van der Waals surface area contributed by atoms with Crippen molar-refractivity contribution in [1.82, 2.24) is 10.3 Å². The van der Waals surface area contributed by atoms with Gasteiger partial charge in [-0.3, -0.25) is 9.59 Å². The molecule has 0 bridgehead atoms. The van der Waals surface area contributed by atoms with Crippen molar-refractivity contribution in [2.75, 3.05) is 11.1 Å². The van der Waals surface area contributed by atoms with Crippen molar-refractivity contribution in [3.63, 3.8) is 0 Å². The monoisotopic (exact) mass is 409 g/mol. The molecule has 2 N–H and O–H groups in total. The Bertz CT molecular complexity index is 1070. The lowest BCUT2D eigenvalue weighted by Crippen LogP contribution is -2.24. The lowest BCUT2D eigenvalue weighted by Gasteiger charge is -2.17. The van der Waals surface area contributed by atoms with Gasteiger partial charge in [-0.25, -0.2) is 9.37 Å². The topological polar surface area (TPSA) is 80.3 Å². The highest BCUT2D eigenvalue weighted by atomic mass is 32.2. The number of aromatic nitrogens is 1. The summed E-state index contributed by atoms with van der Waals surface area (Å²) >= 11 is 1.45. The van der Waals surface area contributed by atoms with E-state index in [0.717, 1.165) is 10.5 Å². The number of benzene rings is 2. The van der Waals surface area contributed by atoms with E-state index >= 15 is 0 Å². The number of hydrogen-bond acceptors (Lipinski definition) is 5. The van der Waals surface area contributed by atoms with Gasteiger partial charge in [0.15, 0.2) is 0 Å². The summed E-state index contributed by atoms with van der Waals surface area (Å²) in [5, 5.41) is 5.59. The summed E-state index contributed by atoms with van der Waals surface area (Å²) in [7, 11) is 0. The first kappa shape index (κ1) is 18.9. The van der Waals surface area contributed by atoms with E-state index in [0.29, 0.717) is 28.6 Å². The summed E-state index contributed by atoms with van der Waals surface area (Å²) in [6, 6.07) is 14.4. The second-order valence-electron chi connectivity index (χ2n) is 6.29. The number of nitrogens with one attached hydrogen (secondary N) is 2. The highest BCUT2D eigenvalue weighted by Gasteiger charge is 2.17. The predicted octanol–water partition coefficient (Wildman–Crippen LogP) is 3.99. The van der Waals surface area contributed by atoms with Crippen LogP contribution in [0.15, 0.2) is 65.7 Å². The summed E-state index contributed by atoms with van der Waals surface area (Å²) in [5.41, 5.74) is 1.90. The molecule has 6 nitrogen and oxygen atoms in total. The maximum absolute atomic E-state index is 13.2. The van der Waals surface area contributed by atoms with E-state index < -0.39 is 0 Å². The molecule has 0 unspecified atom stereocenters. The standard InChI is InChI=1S/C21H16FN3O3S/c22-15-2-1-3-16(9-15)28-20-7-4-13(10-23-20)11-24-21(27)14-5-6-18-17(8-14)25-19(26)12-29-18/h1-10H,11-12H2,(H,24,27)(H,25,26). The molecule has 2 aromatic carbocycles. The molecule has 2 heterocycles. The number of thioether (sulfide) groups is 1. The number of carbonyl (C=O) groups excluding carboxylic acids is 2. The molecule has 146 valence electrons. The molecule has 0 radical (unpaired) electrons. The Morgan fingerprint density at radius 1 is 1.21 bits per heavy atom. The number of carbonyl (C=O) groups is 2. The normalized spacial score (nSPS) is 12.7. The first-order chi connectivity index (χ1) is 14.1. The van der Waals surface area contributed by atoms with Gasteiger partial charge in [-0.15, -0.1) is 11.8 Å². The average Bonchev–Trinajstić information content (AvgIpc) is 2.72. The third kappa shape index (κ3) is 4.72. The molecule has 1 aliphatic rings. The molecule has 0 fully saturated rings. The van der Waals surface area contributed by atoms with Gasteiger partial charge in [0, 0.05) is 35.3 Å². The van der Waals surface area contributed by atoms with E-state index in [1.54, 1.807) is 42.6 Å². The highest BCUT2D eigenvalue weighted by Crippen LogP contribution is 2.32. The molecule has 1 aliphatic heterocycles. The fourth-order valence-corrected chi connectivity index (χ4v) is 3.52. The number of halogens is 1. The Hall–Kier alpha value is -3.39. The van der Waals surface area contributed by atoms with Gasteiger partial charge in [0.2, 0.25) is 11.8 Å². The van der Waals surface area contributed by atoms with Crippen LogP contribution in [-0.4, -0.2) is 22.6 Å². The van der Waals surface area contributed by atoms with Gasteiger partial charge >= 0.3 is 0 Å². The SMILES string of the molecule is O=C1CSc2ccc(C(=O)NCc3ccc(Oc4cccc(F)c4)nc3)cc2N1. The Balaban J connectivity index is 1.36. The summed E-state index contributed by atoms with van der Waals surface area (Å²) in [6.07, 6.45) is 1.58. The second-order valence-corrected chi connectivity index (χ2v) is 7.31. The summed E-state index contributed by atoms with van der Waals surface area (Å²) < 4.78 is 18.7. The molecular formula is C21H16FN3O3S. The van der Waals surface area contributed by atoms with E-state index in [2.05, 4.69) is 15.6 Å². The van der Waals surface area contributed by atoms with Gasteiger partial charge in [0.1, 0.15) is 11.6 Å². The molecule has 1 aromatic heterocycles. The Morgan fingerprint density at radius 3 is 2.90 bits per heavy atom. The summed E-state index contributed by atoms with van der Waals surface area (Å²) in [5.74, 6) is 0.348. The molecule has 0 saturated heterocycles. The zero-order valence-electron chi connectivity index (χ0n) is 15.1. The van der Waals surface area contributed by atoms with E-state index in [4.69, 9.17) is 4.74 Å². The number of ether oxygens (including phenoxy) is 1. The van der Waals surface area contributed by atoms with Crippen LogP contribution in [0.3, 0.4) is 0 Å². The zero-order valence-corrected chi connectivity index (χ0v) is 16.0. The molecule has 29 heavy (non-hydrogen) atoms. The second kappa shape index (κ2) is 8.32. The third-order valence-electron chi connectivity index (χ3n) is 4.14. The quantitative estimate of drug-likeness (QED) is 0.666.